The van der Waals surface area contributed by atoms with Gasteiger partial charge in [-0.05, 0) is 25.2 Å². The zero-order valence-corrected chi connectivity index (χ0v) is 8.74. The molecular formula is C11H19Cl. The largest absolute Gasteiger partial charge is 0.0930 e. The van der Waals surface area contributed by atoms with Crippen molar-refractivity contribution in [2.75, 3.05) is 0 Å². The van der Waals surface area contributed by atoms with Crippen molar-refractivity contribution in [2.24, 2.45) is 5.92 Å². The van der Waals surface area contributed by atoms with Gasteiger partial charge in [0.15, 0.2) is 0 Å². The van der Waals surface area contributed by atoms with Crippen molar-refractivity contribution >= 4 is 11.6 Å². The summed E-state index contributed by atoms with van der Waals surface area (Å²) in [5, 5.41) is 0. The van der Waals surface area contributed by atoms with E-state index in [4.69, 9.17) is 11.6 Å². The normalized spacial score (nSPS) is 22.2. The summed E-state index contributed by atoms with van der Waals surface area (Å²) in [6.45, 7) is 2.26. The maximum Gasteiger partial charge on any atom is 0.00346 e. The summed E-state index contributed by atoms with van der Waals surface area (Å²) in [6, 6.07) is 0. The van der Waals surface area contributed by atoms with E-state index in [9.17, 15) is 0 Å². The van der Waals surface area contributed by atoms with Gasteiger partial charge in [0, 0.05) is 5.54 Å². The van der Waals surface area contributed by atoms with Crippen LogP contribution in [0.5, 0.6) is 0 Å². The van der Waals surface area contributed by atoms with Crippen molar-refractivity contribution in [1.82, 2.24) is 0 Å². The molecule has 0 nitrogen and oxygen atoms in total. The second-order valence-electron chi connectivity index (χ2n) is 3.89. The first-order chi connectivity index (χ1) is 5.86. The molecule has 1 heteroatoms. The Morgan fingerprint density at radius 1 is 1.33 bits per heavy atom. The Morgan fingerprint density at radius 3 is 2.67 bits per heavy atom. The first-order valence-electron chi connectivity index (χ1n) is 5.15. The fourth-order valence-corrected chi connectivity index (χ4v) is 2.01. The van der Waals surface area contributed by atoms with E-state index in [1.165, 1.54) is 50.5 Å². The molecule has 0 spiro atoms. The molecule has 0 heterocycles. The van der Waals surface area contributed by atoms with Crippen molar-refractivity contribution in [1.29, 1.82) is 0 Å². The second kappa shape index (κ2) is 5.64. The Morgan fingerprint density at radius 2 is 2.08 bits per heavy atom. The van der Waals surface area contributed by atoms with Crippen molar-refractivity contribution in [3.63, 3.8) is 0 Å². The number of hydrogen-bond donors (Lipinski definition) is 0. The van der Waals surface area contributed by atoms with Crippen LogP contribution in [0.3, 0.4) is 0 Å². The fraction of sp³-hybridized carbons (Fsp3) is 0.818. The molecule has 0 aromatic carbocycles. The predicted octanol–water partition coefficient (Wildman–Crippen LogP) is 4.49. The SMILES string of the molecule is CCCCCCC1CC(=[13CH]Cl)C1. The molecule has 0 saturated heterocycles. The molecule has 12 heavy (non-hydrogen) atoms. The molecule has 0 amide bonds. The molecule has 1 saturated carbocycles. The minimum Gasteiger partial charge on any atom is -0.0930 e. The highest BCUT2D eigenvalue weighted by Crippen LogP contribution is 2.36. The van der Waals surface area contributed by atoms with Crippen LogP contribution in [0.4, 0.5) is 0 Å². The van der Waals surface area contributed by atoms with Gasteiger partial charge in [-0.3, -0.25) is 0 Å². The Hall–Kier alpha value is 0.0300. The van der Waals surface area contributed by atoms with Gasteiger partial charge in [-0.1, -0.05) is 49.8 Å². The van der Waals surface area contributed by atoms with Gasteiger partial charge in [0.05, 0.1) is 0 Å². The van der Waals surface area contributed by atoms with Gasteiger partial charge in [-0.2, -0.15) is 0 Å². The van der Waals surface area contributed by atoms with Crippen molar-refractivity contribution in [2.45, 2.75) is 51.9 Å². The number of unbranched alkanes of at least 4 members (excludes halogenated alkanes) is 3. The van der Waals surface area contributed by atoms with Gasteiger partial charge >= 0.3 is 0 Å². The number of hydrogen-bond acceptors (Lipinski definition) is 0. The minimum absolute atomic E-state index is 0.965. The third-order valence-corrected chi connectivity index (χ3v) is 3.03. The van der Waals surface area contributed by atoms with Crippen LogP contribution < -0.4 is 0 Å². The molecular weight excluding hydrogens is 169 g/mol. The topological polar surface area (TPSA) is 0 Å². The third kappa shape index (κ3) is 3.18. The van der Waals surface area contributed by atoms with Crippen LogP contribution in [0.15, 0.2) is 11.1 Å². The van der Waals surface area contributed by atoms with Crippen LogP contribution in [0, 0.1) is 5.92 Å². The average molecular weight is 188 g/mol. The van der Waals surface area contributed by atoms with E-state index < -0.39 is 0 Å². The lowest BCUT2D eigenvalue weighted by molar-refractivity contribution is 0.372. The lowest BCUT2D eigenvalue weighted by Gasteiger charge is -2.28. The van der Waals surface area contributed by atoms with Gasteiger partial charge in [-0.15, -0.1) is 0 Å². The fourth-order valence-electron chi connectivity index (χ4n) is 1.83. The van der Waals surface area contributed by atoms with Gasteiger partial charge in [0.25, 0.3) is 0 Å². The molecule has 1 aliphatic rings. The molecule has 0 bridgehead atoms. The summed E-state index contributed by atoms with van der Waals surface area (Å²) >= 11 is 5.59. The summed E-state index contributed by atoms with van der Waals surface area (Å²) in [4.78, 5) is 0. The van der Waals surface area contributed by atoms with Gasteiger partial charge < -0.3 is 0 Å². The first kappa shape index (κ1) is 10.1. The van der Waals surface area contributed by atoms with E-state index >= 15 is 0 Å². The highest BCUT2D eigenvalue weighted by molar-refractivity contribution is 6.25. The lowest BCUT2D eigenvalue weighted by Crippen LogP contribution is -2.13. The average Bonchev–Trinajstić information content (AvgIpc) is 2.01. The summed E-state index contributed by atoms with van der Waals surface area (Å²) in [7, 11) is 0. The van der Waals surface area contributed by atoms with Crippen LogP contribution in [-0.2, 0) is 0 Å². The molecule has 70 valence electrons. The smallest absolute Gasteiger partial charge is 0.00346 e. The molecule has 1 rings (SSSR count). The lowest BCUT2D eigenvalue weighted by atomic mass is 9.79. The zero-order valence-electron chi connectivity index (χ0n) is 7.98. The molecule has 0 aliphatic heterocycles. The van der Waals surface area contributed by atoms with Crippen LogP contribution in [0.2, 0.25) is 0 Å². The Labute approximate surface area is 81.0 Å². The number of allylic oxidation sites excluding steroid dienone is 1. The summed E-state index contributed by atoms with van der Waals surface area (Å²) in [5.74, 6) is 0.965. The Kier molecular flexibility index (Phi) is 4.75. The Balaban J connectivity index is 1.90. The van der Waals surface area contributed by atoms with E-state index in [-0.39, 0.29) is 0 Å². The number of rotatable bonds is 5. The summed E-state index contributed by atoms with van der Waals surface area (Å²) < 4.78 is 0. The van der Waals surface area contributed by atoms with Crippen LogP contribution in [-0.4, -0.2) is 0 Å². The monoisotopic (exact) mass is 187 g/mol. The molecule has 0 radical (unpaired) electrons. The highest BCUT2D eigenvalue weighted by Gasteiger charge is 2.21. The quantitative estimate of drug-likeness (QED) is 0.440. The van der Waals surface area contributed by atoms with E-state index in [1.54, 1.807) is 5.54 Å². The van der Waals surface area contributed by atoms with Gasteiger partial charge in [-0.25, -0.2) is 0 Å². The van der Waals surface area contributed by atoms with Gasteiger partial charge in [0.2, 0.25) is 0 Å². The maximum absolute atomic E-state index is 5.59. The molecule has 0 aromatic rings. The number of halogens is 1. The summed E-state index contributed by atoms with van der Waals surface area (Å²) in [5.41, 5.74) is 3.22. The van der Waals surface area contributed by atoms with Crippen molar-refractivity contribution < 1.29 is 0 Å². The van der Waals surface area contributed by atoms with Crippen molar-refractivity contribution in [3.05, 3.63) is 11.1 Å². The third-order valence-electron chi connectivity index (χ3n) is 2.72. The predicted molar refractivity (Wildman–Crippen MR) is 55.4 cm³/mol. The van der Waals surface area contributed by atoms with Gasteiger partial charge in [0.1, 0.15) is 0 Å². The van der Waals surface area contributed by atoms with E-state index in [0.717, 1.165) is 5.92 Å². The second-order valence-corrected chi connectivity index (χ2v) is 4.11. The highest BCUT2D eigenvalue weighted by atomic mass is 35.5. The Bertz CT molecular complexity index is 141. The maximum atomic E-state index is 5.59. The van der Waals surface area contributed by atoms with Crippen LogP contribution in [0.25, 0.3) is 0 Å². The first-order valence-corrected chi connectivity index (χ1v) is 5.58. The standard InChI is InChI=1S/C11H19Cl/c1-2-3-4-5-6-10-7-11(8-10)9-12/h9-10H,2-8H2,1H3/i9+1. The zero-order chi connectivity index (χ0) is 8.81. The molecule has 1 aliphatic carbocycles. The molecule has 0 N–H and O–H groups in total. The van der Waals surface area contributed by atoms with E-state index in [2.05, 4.69) is 6.92 Å². The van der Waals surface area contributed by atoms with E-state index in [0.29, 0.717) is 0 Å². The van der Waals surface area contributed by atoms with Crippen LogP contribution >= 0.6 is 11.6 Å². The molecule has 1 fully saturated rings. The molecule has 0 aromatic heterocycles. The van der Waals surface area contributed by atoms with Crippen LogP contribution in [0.1, 0.15) is 51.9 Å². The molecule has 0 unspecified atom stereocenters. The summed E-state index contributed by atoms with van der Waals surface area (Å²) in [6.07, 6.45) is 9.57. The minimum atomic E-state index is 0.965. The van der Waals surface area contributed by atoms with Crippen molar-refractivity contribution in [3.8, 4) is 0 Å². The molecule has 0 atom stereocenters. The van der Waals surface area contributed by atoms with E-state index in [1.807, 2.05) is 0 Å².